The van der Waals surface area contributed by atoms with Gasteiger partial charge in [0, 0.05) is 20.5 Å². The maximum atomic E-state index is 6.92. The first-order chi connectivity index (χ1) is 3.18. The van der Waals surface area contributed by atoms with Gasteiger partial charge in [0.2, 0.25) is 0 Å². The van der Waals surface area contributed by atoms with E-state index >= 15 is 0 Å². The van der Waals surface area contributed by atoms with Crippen LogP contribution in [-0.2, 0) is 0 Å². The first-order valence-corrected chi connectivity index (χ1v) is 2.30. The predicted octanol–water partition coefficient (Wildman–Crippen LogP) is 0.749. The first-order valence-electron chi connectivity index (χ1n) is 2.30. The van der Waals surface area contributed by atoms with E-state index in [2.05, 4.69) is 6.92 Å². The van der Waals surface area contributed by atoms with Gasteiger partial charge in [0.25, 0.3) is 0 Å². The molecule has 7 heavy (non-hydrogen) atoms. The van der Waals surface area contributed by atoms with Crippen molar-refractivity contribution in [2.24, 2.45) is 0 Å². The average Bonchev–Trinajstić information content (AvgIpc) is 1.65. The fraction of sp³-hybridized carbons (Fsp3) is 0.600. The predicted molar refractivity (Wildman–Crippen MR) is 31.4 cm³/mol. The van der Waals surface area contributed by atoms with Gasteiger partial charge in [0.1, 0.15) is 0 Å². The number of hydrogen-bond donors (Lipinski definition) is 1. The van der Waals surface area contributed by atoms with Gasteiger partial charge in [-0.25, -0.2) is 0 Å². The maximum absolute atomic E-state index is 6.92. The minimum absolute atomic E-state index is 0.377. The molecule has 0 aromatic rings. The van der Waals surface area contributed by atoms with E-state index in [1.165, 1.54) is 0 Å². The molecule has 0 aromatic carbocycles. The van der Waals surface area contributed by atoms with Gasteiger partial charge >= 0.3 is 0 Å². The third kappa shape index (κ3) is 2.20. The third-order valence-electron chi connectivity index (χ3n) is 0.935. The summed E-state index contributed by atoms with van der Waals surface area (Å²) in [5.41, 5.74) is 0. The van der Waals surface area contributed by atoms with E-state index < -0.39 is 0 Å². The van der Waals surface area contributed by atoms with Crippen molar-refractivity contribution < 1.29 is 0 Å². The molecule has 2 heteroatoms. The van der Waals surface area contributed by atoms with E-state index in [1.807, 2.05) is 14.0 Å². The second-order valence-electron chi connectivity index (χ2n) is 1.46. The topological polar surface area (TPSA) is 27.1 Å². The van der Waals surface area contributed by atoms with E-state index in [1.54, 1.807) is 4.90 Å². The van der Waals surface area contributed by atoms with Crippen LogP contribution < -0.4 is 0 Å². The molecule has 41 valence electrons. The standard InChI is InChI=1S/C5H11N2/c1-4-7(3)5(2)6/h6H,2,4H2,1,3H3. The van der Waals surface area contributed by atoms with E-state index in [0.29, 0.717) is 5.84 Å². The Hall–Kier alpha value is -0.530. The van der Waals surface area contributed by atoms with Crippen molar-refractivity contribution in [2.75, 3.05) is 13.6 Å². The van der Waals surface area contributed by atoms with Crippen molar-refractivity contribution in [2.45, 2.75) is 6.92 Å². The molecule has 0 saturated heterocycles. The van der Waals surface area contributed by atoms with E-state index in [4.69, 9.17) is 5.41 Å². The van der Waals surface area contributed by atoms with Crippen LogP contribution in [0.4, 0.5) is 0 Å². The molecule has 0 saturated carbocycles. The summed E-state index contributed by atoms with van der Waals surface area (Å²) in [4.78, 5) is 1.76. The van der Waals surface area contributed by atoms with Gasteiger partial charge in [-0.15, -0.1) is 0 Å². The van der Waals surface area contributed by atoms with E-state index in [-0.39, 0.29) is 0 Å². The highest BCUT2D eigenvalue weighted by molar-refractivity contribution is 5.82. The fourth-order valence-electron chi connectivity index (χ4n) is 0.191. The Morgan fingerprint density at radius 3 is 2.29 bits per heavy atom. The number of rotatable bonds is 1. The number of amidine groups is 1. The highest BCUT2D eigenvalue weighted by atomic mass is 15.1. The molecule has 0 aromatic heterocycles. The minimum atomic E-state index is 0.377. The molecule has 0 aliphatic carbocycles. The summed E-state index contributed by atoms with van der Waals surface area (Å²) in [6, 6.07) is 0. The number of nitrogens with zero attached hydrogens (tertiary/aromatic N) is 1. The SMILES string of the molecule is [CH2]C(=N)N(C)CC. The van der Waals surface area contributed by atoms with Gasteiger partial charge in [-0.3, -0.25) is 5.41 Å². The van der Waals surface area contributed by atoms with Crippen LogP contribution >= 0.6 is 0 Å². The number of nitrogens with one attached hydrogen (secondary N) is 1. The van der Waals surface area contributed by atoms with Crippen molar-refractivity contribution in [1.82, 2.24) is 4.90 Å². The quantitative estimate of drug-likeness (QED) is 0.381. The average molecular weight is 99.2 g/mol. The zero-order valence-electron chi connectivity index (χ0n) is 4.86. The third-order valence-corrected chi connectivity index (χ3v) is 0.935. The van der Waals surface area contributed by atoms with E-state index in [9.17, 15) is 0 Å². The zero-order chi connectivity index (χ0) is 5.86. The maximum Gasteiger partial charge on any atom is 0.0959 e. The van der Waals surface area contributed by atoms with Crippen molar-refractivity contribution in [3.63, 3.8) is 0 Å². The first kappa shape index (κ1) is 6.47. The number of hydrogen-bond acceptors (Lipinski definition) is 1. The van der Waals surface area contributed by atoms with Crippen molar-refractivity contribution in [3.05, 3.63) is 6.92 Å². The zero-order valence-corrected chi connectivity index (χ0v) is 4.86. The largest absolute Gasteiger partial charge is 0.364 e. The monoisotopic (exact) mass is 99.1 g/mol. The molecule has 0 bridgehead atoms. The van der Waals surface area contributed by atoms with Crippen molar-refractivity contribution in [3.8, 4) is 0 Å². The Kier molecular flexibility index (Phi) is 2.41. The van der Waals surface area contributed by atoms with Crippen molar-refractivity contribution in [1.29, 1.82) is 5.41 Å². The summed E-state index contributed by atoms with van der Waals surface area (Å²) >= 11 is 0. The molecule has 0 rings (SSSR count). The minimum Gasteiger partial charge on any atom is -0.364 e. The second-order valence-corrected chi connectivity index (χ2v) is 1.46. The highest BCUT2D eigenvalue weighted by Gasteiger charge is 1.89. The molecule has 0 unspecified atom stereocenters. The summed E-state index contributed by atoms with van der Waals surface area (Å²) in [5, 5.41) is 6.92. The molecule has 1 radical (unpaired) electrons. The van der Waals surface area contributed by atoms with Crippen LogP contribution in [0.2, 0.25) is 0 Å². The van der Waals surface area contributed by atoms with Crippen molar-refractivity contribution >= 4 is 5.84 Å². The molecule has 0 aliphatic heterocycles. The van der Waals surface area contributed by atoms with Crippen LogP contribution in [0, 0.1) is 12.3 Å². The Bertz CT molecular complexity index is 68.5. The molecule has 0 fully saturated rings. The fourth-order valence-corrected chi connectivity index (χ4v) is 0.191. The van der Waals surface area contributed by atoms with Gasteiger partial charge in [-0.2, -0.15) is 0 Å². The van der Waals surface area contributed by atoms with Gasteiger partial charge in [0.15, 0.2) is 0 Å². The lowest BCUT2D eigenvalue weighted by Gasteiger charge is -2.12. The smallest absolute Gasteiger partial charge is 0.0959 e. The molecule has 2 nitrogen and oxygen atoms in total. The molecule has 0 heterocycles. The van der Waals surface area contributed by atoms with Gasteiger partial charge in [0.05, 0.1) is 5.84 Å². The molecular formula is C5H11N2. The summed E-state index contributed by atoms with van der Waals surface area (Å²) in [5.74, 6) is 0.377. The Morgan fingerprint density at radius 1 is 1.86 bits per heavy atom. The van der Waals surface area contributed by atoms with Gasteiger partial charge < -0.3 is 4.90 Å². The molecule has 1 N–H and O–H groups in total. The molecule has 0 aliphatic rings. The lowest BCUT2D eigenvalue weighted by Crippen LogP contribution is -2.22. The Labute approximate surface area is 44.6 Å². The lowest BCUT2D eigenvalue weighted by atomic mass is 10.5. The lowest BCUT2D eigenvalue weighted by molar-refractivity contribution is 0.534. The molecule has 0 spiro atoms. The summed E-state index contributed by atoms with van der Waals surface area (Å²) < 4.78 is 0. The van der Waals surface area contributed by atoms with Crippen LogP contribution in [0.15, 0.2) is 0 Å². The summed E-state index contributed by atoms with van der Waals surface area (Å²) in [7, 11) is 1.84. The van der Waals surface area contributed by atoms with Crippen LogP contribution in [0.25, 0.3) is 0 Å². The molecule has 0 amide bonds. The summed E-state index contributed by atoms with van der Waals surface area (Å²) in [6.45, 7) is 6.27. The Balaban J connectivity index is 3.34. The molecule has 0 atom stereocenters. The van der Waals surface area contributed by atoms with Crippen LogP contribution in [0.1, 0.15) is 6.92 Å². The Morgan fingerprint density at radius 2 is 2.29 bits per heavy atom. The normalized spacial score (nSPS) is 8.43. The van der Waals surface area contributed by atoms with Gasteiger partial charge in [-0.1, -0.05) is 0 Å². The second kappa shape index (κ2) is 2.61. The van der Waals surface area contributed by atoms with Crippen LogP contribution in [0.5, 0.6) is 0 Å². The van der Waals surface area contributed by atoms with Crippen LogP contribution in [-0.4, -0.2) is 24.3 Å². The highest BCUT2D eigenvalue weighted by Crippen LogP contribution is 1.78. The van der Waals surface area contributed by atoms with E-state index in [0.717, 1.165) is 6.54 Å². The molecular weight excluding hydrogens is 88.1 g/mol. The summed E-state index contributed by atoms with van der Waals surface area (Å²) in [6.07, 6.45) is 0. The van der Waals surface area contributed by atoms with Crippen LogP contribution in [0.3, 0.4) is 0 Å². The van der Waals surface area contributed by atoms with Gasteiger partial charge in [-0.05, 0) is 6.92 Å².